The Bertz CT molecular complexity index is 449. The van der Waals surface area contributed by atoms with Crippen LogP contribution in [0.2, 0.25) is 0 Å². The van der Waals surface area contributed by atoms with Gasteiger partial charge in [-0.3, -0.25) is 9.89 Å². The standard InChI is InChI=1S/C14H31N5O3S/c1-4-15-14(16-6-5-7-18-23(3,20)21)17-12-13(2)19-8-10-22-11-9-19/h13,18H,4-12H2,1-3H3,(H2,15,16,17). The van der Waals surface area contributed by atoms with E-state index in [2.05, 4.69) is 32.2 Å². The van der Waals surface area contributed by atoms with Gasteiger partial charge in [-0.15, -0.1) is 0 Å². The molecule has 3 N–H and O–H groups in total. The molecule has 0 bridgehead atoms. The third-order valence-corrected chi connectivity index (χ3v) is 4.27. The van der Waals surface area contributed by atoms with Crippen molar-refractivity contribution in [1.82, 2.24) is 20.3 Å². The largest absolute Gasteiger partial charge is 0.379 e. The topological polar surface area (TPSA) is 95.1 Å². The van der Waals surface area contributed by atoms with Gasteiger partial charge in [0.15, 0.2) is 5.96 Å². The van der Waals surface area contributed by atoms with Crippen molar-refractivity contribution in [2.24, 2.45) is 4.99 Å². The summed E-state index contributed by atoms with van der Waals surface area (Å²) >= 11 is 0. The minimum atomic E-state index is -3.11. The summed E-state index contributed by atoms with van der Waals surface area (Å²) in [4.78, 5) is 6.99. The van der Waals surface area contributed by atoms with Crippen LogP contribution in [0, 0.1) is 0 Å². The lowest BCUT2D eigenvalue weighted by Crippen LogP contribution is -2.44. The minimum Gasteiger partial charge on any atom is -0.379 e. The van der Waals surface area contributed by atoms with Crippen molar-refractivity contribution in [2.75, 3.05) is 58.7 Å². The molecular weight excluding hydrogens is 318 g/mol. The molecule has 0 radical (unpaired) electrons. The Kier molecular flexibility index (Phi) is 9.46. The fourth-order valence-electron chi connectivity index (χ4n) is 2.25. The number of morpholine rings is 1. The average Bonchev–Trinajstić information content (AvgIpc) is 2.51. The maximum absolute atomic E-state index is 11.0. The van der Waals surface area contributed by atoms with E-state index in [0.29, 0.717) is 25.6 Å². The van der Waals surface area contributed by atoms with E-state index in [1.54, 1.807) is 0 Å². The normalized spacial score (nSPS) is 18.7. The van der Waals surface area contributed by atoms with Crippen LogP contribution in [-0.4, -0.2) is 84.1 Å². The molecular formula is C14H31N5O3S. The second-order valence-electron chi connectivity index (χ2n) is 5.66. The van der Waals surface area contributed by atoms with Gasteiger partial charge in [0, 0.05) is 38.8 Å². The molecule has 1 aliphatic rings. The summed E-state index contributed by atoms with van der Waals surface area (Å²) in [5, 5.41) is 6.43. The minimum absolute atomic E-state index is 0.376. The molecule has 9 heteroatoms. The fourth-order valence-corrected chi connectivity index (χ4v) is 2.77. The molecule has 136 valence electrons. The highest BCUT2D eigenvalue weighted by Crippen LogP contribution is 2.03. The third-order valence-electron chi connectivity index (χ3n) is 3.54. The monoisotopic (exact) mass is 349 g/mol. The van der Waals surface area contributed by atoms with Crippen LogP contribution >= 0.6 is 0 Å². The fraction of sp³-hybridized carbons (Fsp3) is 0.929. The Morgan fingerprint density at radius 2 is 1.96 bits per heavy atom. The molecule has 0 saturated carbocycles. The zero-order chi connectivity index (χ0) is 17.1. The lowest BCUT2D eigenvalue weighted by molar-refractivity contribution is 0.0220. The van der Waals surface area contributed by atoms with Crippen molar-refractivity contribution in [3.63, 3.8) is 0 Å². The molecule has 8 nitrogen and oxygen atoms in total. The highest BCUT2D eigenvalue weighted by molar-refractivity contribution is 7.88. The van der Waals surface area contributed by atoms with Crippen molar-refractivity contribution < 1.29 is 13.2 Å². The van der Waals surface area contributed by atoms with E-state index in [1.165, 1.54) is 6.26 Å². The van der Waals surface area contributed by atoms with Crippen LogP contribution in [0.1, 0.15) is 20.3 Å². The lowest BCUT2D eigenvalue weighted by Gasteiger charge is -2.31. The summed E-state index contributed by atoms with van der Waals surface area (Å²) in [5.41, 5.74) is 0. The average molecular weight is 350 g/mol. The van der Waals surface area contributed by atoms with Crippen LogP contribution in [-0.2, 0) is 14.8 Å². The molecule has 1 heterocycles. The van der Waals surface area contributed by atoms with E-state index in [-0.39, 0.29) is 0 Å². The molecule has 1 rings (SSSR count). The molecule has 1 saturated heterocycles. The van der Waals surface area contributed by atoms with Gasteiger partial charge in [-0.1, -0.05) is 0 Å². The Morgan fingerprint density at radius 1 is 1.26 bits per heavy atom. The second kappa shape index (κ2) is 10.8. The third kappa shape index (κ3) is 9.75. The smallest absolute Gasteiger partial charge is 0.208 e. The van der Waals surface area contributed by atoms with E-state index < -0.39 is 10.0 Å². The van der Waals surface area contributed by atoms with Gasteiger partial charge in [-0.2, -0.15) is 0 Å². The van der Waals surface area contributed by atoms with Gasteiger partial charge >= 0.3 is 0 Å². The van der Waals surface area contributed by atoms with Gasteiger partial charge in [-0.05, 0) is 20.3 Å². The van der Waals surface area contributed by atoms with Gasteiger partial charge < -0.3 is 15.4 Å². The number of rotatable bonds is 9. The van der Waals surface area contributed by atoms with Gasteiger partial charge in [0.1, 0.15) is 0 Å². The van der Waals surface area contributed by atoms with Crippen LogP contribution in [0.5, 0.6) is 0 Å². The van der Waals surface area contributed by atoms with Crippen LogP contribution < -0.4 is 15.4 Å². The van der Waals surface area contributed by atoms with Crippen LogP contribution in [0.25, 0.3) is 0 Å². The predicted molar refractivity (Wildman–Crippen MR) is 93.3 cm³/mol. The number of nitrogens with zero attached hydrogens (tertiary/aromatic N) is 2. The first-order valence-electron chi connectivity index (χ1n) is 8.21. The molecule has 0 aromatic heterocycles. The van der Waals surface area contributed by atoms with Gasteiger partial charge in [0.2, 0.25) is 10.0 Å². The first-order chi connectivity index (χ1) is 10.9. The second-order valence-corrected chi connectivity index (χ2v) is 7.50. The molecule has 0 spiro atoms. The van der Waals surface area contributed by atoms with E-state index in [9.17, 15) is 8.42 Å². The van der Waals surface area contributed by atoms with Gasteiger partial charge in [-0.25, -0.2) is 13.1 Å². The summed E-state index contributed by atoms with van der Waals surface area (Å²) in [5.74, 6) is 0.770. The molecule has 23 heavy (non-hydrogen) atoms. The Morgan fingerprint density at radius 3 is 2.57 bits per heavy atom. The van der Waals surface area contributed by atoms with E-state index >= 15 is 0 Å². The summed E-state index contributed by atoms with van der Waals surface area (Å²) in [6, 6.07) is 0.376. The van der Waals surface area contributed by atoms with Crippen molar-refractivity contribution >= 4 is 16.0 Å². The number of hydrogen-bond donors (Lipinski definition) is 3. The molecule has 0 aliphatic carbocycles. The van der Waals surface area contributed by atoms with Crippen molar-refractivity contribution in [3.8, 4) is 0 Å². The number of nitrogens with one attached hydrogen (secondary N) is 3. The zero-order valence-corrected chi connectivity index (χ0v) is 15.3. The molecule has 0 aromatic rings. The van der Waals surface area contributed by atoms with E-state index in [4.69, 9.17) is 4.74 Å². The van der Waals surface area contributed by atoms with Crippen molar-refractivity contribution in [2.45, 2.75) is 26.3 Å². The van der Waals surface area contributed by atoms with E-state index in [1.807, 2.05) is 6.92 Å². The quantitative estimate of drug-likeness (QED) is 0.287. The molecule has 1 atom stereocenters. The predicted octanol–water partition coefficient (Wildman–Crippen LogP) is -0.798. The number of ether oxygens (including phenoxy) is 1. The van der Waals surface area contributed by atoms with Gasteiger partial charge in [0.25, 0.3) is 0 Å². The highest BCUT2D eigenvalue weighted by atomic mass is 32.2. The molecule has 1 fully saturated rings. The van der Waals surface area contributed by atoms with Crippen molar-refractivity contribution in [3.05, 3.63) is 0 Å². The Balaban J connectivity index is 2.31. The molecule has 0 amide bonds. The Labute approximate surface area is 140 Å². The lowest BCUT2D eigenvalue weighted by atomic mass is 10.2. The number of hydrogen-bond acceptors (Lipinski definition) is 5. The van der Waals surface area contributed by atoms with E-state index in [0.717, 1.165) is 45.4 Å². The first-order valence-corrected chi connectivity index (χ1v) is 10.1. The van der Waals surface area contributed by atoms with Crippen LogP contribution in [0.3, 0.4) is 0 Å². The highest BCUT2D eigenvalue weighted by Gasteiger charge is 2.16. The maximum Gasteiger partial charge on any atom is 0.208 e. The Hall–Kier alpha value is -0.900. The van der Waals surface area contributed by atoms with Gasteiger partial charge in [0.05, 0.1) is 26.0 Å². The van der Waals surface area contributed by atoms with Crippen LogP contribution in [0.15, 0.2) is 4.99 Å². The summed E-state index contributed by atoms with van der Waals surface area (Å²) in [6.07, 6.45) is 1.87. The molecule has 1 unspecified atom stereocenters. The summed E-state index contributed by atoms with van der Waals surface area (Å²) in [6.45, 7) is 10.3. The van der Waals surface area contributed by atoms with Crippen LogP contribution in [0.4, 0.5) is 0 Å². The number of guanidine groups is 1. The summed E-state index contributed by atoms with van der Waals surface area (Å²) < 4.78 is 29.8. The first kappa shape index (κ1) is 20.1. The number of aliphatic imine (C=N–C) groups is 1. The summed E-state index contributed by atoms with van der Waals surface area (Å²) in [7, 11) is -3.11. The number of sulfonamides is 1. The maximum atomic E-state index is 11.0. The molecule has 0 aromatic carbocycles. The van der Waals surface area contributed by atoms with Crippen molar-refractivity contribution in [1.29, 1.82) is 0 Å². The SMILES string of the molecule is CCNC(=NCC(C)N1CCOCC1)NCCCNS(C)(=O)=O. The molecule has 1 aliphatic heterocycles. The zero-order valence-electron chi connectivity index (χ0n) is 14.5.